The van der Waals surface area contributed by atoms with E-state index < -0.39 is 0 Å². The Labute approximate surface area is 177 Å². The number of halogens is 1. The van der Waals surface area contributed by atoms with Crippen LogP contribution in [0.2, 0.25) is 5.02 Å². The number of nitrogens with zero attached hydrogens (tertiary/aromatic N) is 3. The molecule has 1 aromatic heterocycles. The number of ether oxygens (including phenoxy) is 1. The number of benzene rings is 2. The molecule has 0 radical (unpaired) electrons. The van der Waals surface area contributed by atoms with Crippen molar-refractivity contribution >= 4 is 28.6 Å². The van der Waals surface area contributed by atoms with E-state index in [1.54, 1.807) is 10.7 Å². The molecule has 1 heterocycles. The molecule has 3 rings (SSSR count). The van der Waals surface area contributed by atoms with Crippen LogP contribution in [0.1, 0.15) is 57.4 Å². The first kappa shape index (κ1) is 21.3. The molecule has 3 aromatic rings. The minimum Gasteiger partial charge on any atom is -0.466 e. The molecule has 0 fully saturated rings. The molecule has 0 unspecified atom stereocenters. The summed E-state index contributed by atoms with van der Waals surface area (Å²) in [7, 11) is 0. The number of hydrogen-bond acceptors (Lipinski definition) is 4. The average Bonchev–Trinajstić information content (AvgIpc) is 3.14. The first-order chi connectivity index (χ1) is 14.2. The average molecular weight is 414 g/mol. The number of aromatic nitrogens is 3. The summed E-state index contributed by atoms with van der Waals surface area (Å²) in [5, 5.41) is 9.11. The Bertz CT molecular complexity index is 939. The van der Waals surface area contributed by atoms with Gasteiger partial charge in [-0.2, -0.15) is 0 Å². The lowest BCUT2D eigenvalue weighted by molar-refractivity contribution is -0.143. The molecule has 0 saturated heterocycles. The van der Waals surface area contributed by atoms with Crippen LogP contribution in [-0.4, -0.2) is 27.6 Å². The lowest BCUT2D eigenvalue weighted by atomic mass is 10.1. The maximum Gasteiger partial charge on any atom is 0.306 e. The van der Waals surface area contributed by atoms with Crippen LogP contribution >= 0.6 is 11.6 Å². The summed E-state index contributed by atoms with van der Waals surface area (Å²) < 4.78 is 7.19. The number of unbranched alkanes of at least 4 members (excludes halogenated alkanes) is 5. The third kappa shape index (κ3) is 6.04. The van der Waals surface area contributed by atoms with E-state index >= 15 is 0 Å². The minimum absolute atomic E-state index is 0.149. The van der Waals surface area contributed by atoms with E-state index in [1.807, 2.05) is 36.4 Å². The molecule has 29 heavy (non-hydrogen) atoms. The van der Waals surface area contributed by atoms with Crippen molar-refractivity contribution in [2.24, 2.45) is 0 Å². The maximum absolute atomic E-state index is 12.1. The van der Waals surface area contributed by atoms with Gasteiger partial charge in [0.1, 0.15) is 5.52 Å². The number of carbonyl (C=O) groups excluding carboxylic acids is 1. The number of esters is 1. The standard InChI is InChI=1S/C23H28ClN3O2/c1-2-3-4-5-6-9-16-29-23(28)15-12-18-10-7-8-11-21(18)27-22-14-13-19(24)17-20(22)25-26-27/h7-8,10-11,13-14,17H,2-6,9,12,15-16H2,1H3. The van der Waals surface area contributed by atoms with Crippen molar-refractivity contribution in [3.05, 3.63) is 53.1 Å². The van der Waals surface area contributed by atoms with Gasteiger partial charge < -0.3 is 4.74 Å². The first-order valence-corrected chi connectivity index (χ1v) is 10.8. The van der Waals surface area contributed by atoms with Crippen LogP contribution in [0.5, 0.6) is 0 Å². The molecule has 0 spiro atoms. The predicted octanol–water partition coefficient (Wildman–Crippen LogP) is 5.91. The lowest BCUT2D eigenvalue weighted by Gasteiger charge is -2.10. The van der Waals surface area contributed by atoms with E-state index in [0.29, 0.717) is 24.5 Å². The topological polar surface area (TPSA) is 57.0 Å². The van der Waals surface area contributed by atoms with Gasteiger partial charge in [0, 0.05) is 11.4 Å². The molecule has 0 atom stereocenters. The van der Waals surface area contributed by atoms with Crippen molar-refractivity contribution in [1.29, 1.82) is 0 Å². The molecule has 2 aromatic carbocycles. The normalized spacial score (nSPS) is 11.1. The summed E-state index contributed by atoms with van der Waals surface area (Å²) in [5.74, 6) is -0.149. The Balaban J connectivity index is 1.55. The predicted molar refractivity (Wildman–Crippen MR) is 117 cm³/mol. The molecule has 0 aliphatic carbocycles. The van der Waals surface area contributed by atoms with Gasteiger partial charge in [0.15, 0.2) is 0 Å². The molecule has 5 nitrogen and oxygen atoms in total. The Morgan fingerprint density at radius 3 is 2.72 bits per heavy atom. The summed E-state index contributed by atoms with van der Waals surface area (Å²) in [6.45, 7) is 2.72. The molecular weight excluding hydrogens is 386 g/mol. The Morgan fingerprint density at radius 2 is 1.86 bits per heavy atom. The molecule has 0 N–H and O–H groups in total. The highest BCUT2D eigenvalue weighted by Gasteiger charge is 2.12. The number of carbonyl (C=O) groups is 1. The van der Waals surface area contributed by atoms with Crippen molar-refractivity contribution in [3.8, 4) is 5.69 Å². The number of hydrogen-bond donors (Lipinski definition) is 0. The third-order valence-electron chi connectivity index (χ3n) is 4.99. The lowest BCUT2D eigenvalue weighted by Crippen LogP contribution is -2.09. The molecule has 0 amide bonds. The maximum atomic E-state index is 12.1. The molecule has 154 valence electrons. The molecule has 0 bridgehead atoms. The van der Waals surface area contributed by atoms with Crippen molar-refractivity contribution in [1.82, 2.24) is 15.0 Å². The van der Waals surface area contributed by atoms with E-state index in [1.165, 1.54) is 25.7 Å². The van der Waals surface area contributed by atoms with Crippen LogP contribution in [0.4, 0.5) is 0 Å². The Morgan fingerprint density at radius 1 is 1.07 bits per heavy atom. The van der Waals surface area contributed by atoms with Crippen LogP contribution in [0, 0.1) is 0 Å². The smallest absolute Gasteiger partial charge is 0.306 e. The highest BCUT2D eigenvalue weighted by Crippen LogP contribution is 2.23. The zero-order chi connectivity index (χ0) is 20.5. The van der Waals surface area contributed by atoms with Gasteiger partial charge in [-0.25, -0.2) is 4.68 Å². The van der Waals surface area contributed by atoms with Gasteiger partial charge in [-0.15, -0.1) is 5.10 Å². The second kappa shape index (κ2) is 11.0. The number of aryl methyl sites for hydroxylation is 1. The van der Waals surface area contributed by atoms with Crippen LogP contribution in [0.25, 0.3) is 16.7 Å². The summed E-state index contributed by atoms with van der Waals surface area (Å²) >= 11 is 6.05. The first-order valence-electron chi connectivity index (χ1n) is 10.4. The highest BCUT2D eigenvalue weighted by molar-refractivity contribution is 6.31. The quantitative estimate of drug-likeness (QED) is 0.289. The molecule has 0 saturated carbocycles. The monoisotopic (exact) mass is 413 g/mol. The van der Waals surface area contributed by atoms with Crippen LogP contribution in [0.15, 0.2) is 42.5 Å². The highest BCUT2D eigenvalue weighted by atomic mass is 35.5. The van der Waals surface area contributed by atoms with Gasteiger partial charge in [0.2, 0.25) is 0 Å². The summed E-state index contributed by atoms with van der Waals surface area (Å²) in [5.41, 5.74) is 3.57. The zero-order valence-corrected chi connectivity index (χ0v) is 17.7. The third-order valence-corrected chi connectivity index (χ3v) is 5.22. The van der Waals surface area contributed by atoms with E-state index in [2.05, 4.69) is 17.2 Å². The summed E-state index contributed by atoms with van der Waals surface area (Å²) in [4.78, 5) is 12.1. The van der Waals surface area contributed by atoms with E-state index in [9.17, 15) is 4.79 Å². The van der Waals surface area contributed by atoms with Gasteiger partial charge in [-0.05, 0) is 42.7 Å². The Hall–Kier alpha value is -2.40. The summed E-state index contributed by atoms with van der Waals surface area (Å²) in [6.07, 6.45) is 8.03. The van der Waals surface area contributed by atoms with Crippen molar-refractivity contribution in [2.45, 2.75) is 58.3 Å². The van der Waals surface area contributed by atoms with Crippen molar-refractivity contribution in [3.63, 3.8) is 0 Å². The zero-order valence-electron chi connectivity index (χ0n) is 16.9. The van der Waals surface area contributed by atoms with E-state index in [-0.39, 0.29) is 5.97 Å². The number of fused-ring (bicyclic) bond motifs is 1. The van der Waals surface area contributed by atoms with Crippen LogP contribution < -0.4 is 0 Å². The van der Waals surface area contributed by atoms with E-state index in [0.717, 1.165) is 35.1 Å². The fourth-order valence-electron chi connectivity index (χ4n) is 3.38. The largest absolute Gasteiger partial charge is 0.466 e. The molecule has 6 heteroatoms. The second-order valence-electron chi connectivity index (χ2n) is 7.25. The van der Waals surface area contributed by atoms with Crippen LogP contribution in [-0.2, 0) is 16.0 Å². The van der Waals surface area contributed by atoms with Gasteiger partial charge in [0.25, 0.3) is 0 Å². The molecule has 0 aliphatic heterocycles. The number of para-hydroxylation sites is 1. The SMILES string of the molecule is CCCCCCCCOC(=O)CCc1ccccc1-n1nnc2cc(Cl)ccc21. The Kier molecular flexibility index (Phi) is 8.05. The summed E-state index contributed by atoms with van der Waals surface area (Å²) in [6, 6.07) is 13.5. The fourth-order valence-corrected chi connectivity index (χ4v) is 3.55. The van der Waals surface area contributed by atoms with Gasteiger partial charge in [0.05, 0.1) is 17.8 Å². The van der Waals surface area contributed by atoms with Gasteiger partial charge in [-0.1, -0.05) is 74.0 Å². The van der Waals surface area contributed by atoms with Gasteiger partial charge in [-0.3, -0.25) is 4.79 Å². The fraction of sp³-hybridized carbons (Fsp3) is 0.435. The van der Waals surface area contributed by atoms with E-state index in [4.69, 9.17) is 16.3 Å². The number of rotatable bonds is 11. The minimum atomic E-state index is -0.149. The van der Waals surface area contributed by atoms with Crippen molar-refractivity contribution in [2.75, 3.05) is 6.61 Å². The molecular formula is C23H28ClN3O2. The second-order valence-corrected chi connectivity index (χ2v) is 7.69. The van der Waals surface area contributed by atoms with Crippen molar-refractivity contribution < 1.29 is 9.53 Å². The van der Waals surface area contributed by atoms with Gasteiger partial charge >= 0.3 is 5.97 Å². The van der Waals surface area contributed by atoms with Crippen LogP contribution in [0.3, 0.4) is 0 Å². The molecule has 0 aliphatic rings.